The first-order chi connectivity index (χ1) is 24.4. The molecule has 14 heteroatoms. The van der Waals surface area contributed by atoms with Gasteiger partial charge in [-0.3, -0.25) is 28.8 Å². The molecule has 6 N–H and O–H groups in total. The van der Waals surface area contributed by atoms with E-state index in [1.165, 1.54) is 0 Å². The van der Waals surface area contributed by atoms with E-state index in [1.807, 2.05) is 44.2 Å². The molecule has 0 aliphatic rings. The molecule has 0 heterocycles. The van der Waals surface area contributed by atoms with Crippen LogP contribution in [0.4, 0.5) is 0 Å². The topological polar surface area (TPSA) is 218 Å². The van der Waals surface area contributed by atoms with Crippen molar-refractivity contribution in [3.8, 4) is 24.7 Å². The summed E-state index contributed by atoms with van der Waals surface area (Å²) in [5, 5.41) is 20.2. The SMILES string of the molecule is C#CCCCC(=O)NCCCCC(NC(=O)CCC(=O)C(CC(C)C)NC(=O)C(CC(=O)CNC(=O)CCCC#C)Cc1ccccc1)C(=O)O.[Na+].[OH-]. The van der Waals surface area contributed by atoms with Crippen LogP contribution in [0.25, 0.3) is 0 Å². The summed E-state index contributed by atoms with van der Waals surface area (Å²) in [6.07, 6.45) is 13.9. The number of aliphatic carboxylic acids is 1. The van der Waals surface area contributed by atoms with Gasteiger partial charge in [0.15, 0.2) is 11.6 Å². The Hall–Kier alpha value is -4.01. The molecule has 53 heavy (non-hydrogen) atoms. The number of ketones is 2. The molecule has 3 atom stereocenters. The van der Waals surface area contributed by atoms with Gasteiger partial charge < -0.3 is 31.8 Å². The number of hydrogen-bond donors (Lipinski definition) is 5. The molecule has 4 amide bonds. The van der Waals surface area contributed by atoms with Crippen molar-refractivity contribution in [2.45, 2.75) is 116 Å². The molecule has 0 fully saturated rings. The van der Waals surface area contributed by atoms with Crippen LogP contribution in [0.3, 0.4) is 0 Å². The van der Waals surface area contributed by atoms with Gasteiger partial charge in [0.05, 0.1) is 12.6 Å². The third kappa shape index (κ3) is 24.8. The maximum atomic E-state index is 13.6. The zero-order chi connectivity index (χ0) is 38.0. The molecule has 13 nitrogen and oxygen atoms in total. The second-order valence-electron chi connectivity index (χ2n) is 13.0. The number of benzene rings is 1. The molecule has 1 rings (SSSR count). The number of amides is 4. The average Bonchev–Trinajstić information content (AvgIpc) is 3.08. The Labute approximate surface area is 335 Å². The van der Waals surface area contributed by atoms with Gasteiger partial charge in [0.1, 0.15) is 6.04 Å². The first-order valence-electron chi connectivity index (χ1n) is 17.7. The van der Waals surface area contributed by atoms with Crippen LogP contribution >= 0.6 is 0 Å². The zero-order valence-corrected chi connectivity index (χ0v) is 33.4. The predicted octanol–water partition coefficient (Wildman–Crippen LogP) is 0.0910. The second-order valence-corrected chi connectivity index (χ2v) is 13.0. The Morgan fingerprint density at radius 3 is 1.92 bits per heavy atom. The monoisotopic (exact) mass is 746 g/mol. The minimum atomic E-state index is -1.21. The van der Waals surface area contributed by atoms with Gasteiger partial charge in [-0.25, -0.2) is 4.79 Å². The number of hydrogen-bond acceptors (Lipinski definition) is 8. The number of terminal acetylenes is 2. The largest absolute Gasteiger partial charge is 1.00 e. The molecular weight excluding hydrogens is 691 g/mol. The van der Waals surface area contributed by atoms with Crippen LogP contribution in [-0.4, -0.2) is 76.9 Å². The molecule has 0 aliphatic carbocycles. The van der Waals surface area contributed by atoms with Crippen molar-refractivity contribution in [3.63, 3.8) is 0 Å². The Morgan fingerprint density at radius 2 is 1.36 bits per heavy atom. The molecule has 0 radical (unpaired) electrons. The molecule has 0 aliphatic heterocycles. The van der Waals surface area contributed by atoms with Gasteiger partial charge in [-0.1, -0.05) is 44.2 Å². The minimum Gasteiger partial charge on any atom is -0.870 e. The minimum absolute atomic E-state index is 0. The average molecular weight is 747 g/mol. The van der Waals surface area contributed by atoms with Crippen LogP contribution in [-0.2, 0) is 40.0 Å². The van der Waals surface area contributed by atoms with E-state index in [9.17, 15) is 38.7 Å². The summed E-state index contributed by atoms with van der Waals surface area (Å²) < 4.78 is 0. The predicted molar refractivity (Wildman–Crippen MR) is 196 cm³/mol. The number of rotatable bonds is 27. The van der Waals surface area contributed by atoms with Crippen LogP contribution in [0.15, 0.2) is 30.3 Å². The summed E-state index contributed by atoms with van der Waals surface area (Å²) in [4.78, 5) is 88.1. The molecular formula is C39H55N4NaO9. The molecule has 286 valence electrons. The van der Waals surface area contributed by atoms with Crippen molar-refractivity contribution >= 4 is 41.2 Å². The summed E-state index contributed by atoms with van der Waals surface area (Å²) in [5.41, 5.74) is 0.820. The van der Waals surface area contributed by atoms with E-state index >= 15 is 0 Å². The molecule has 0 aromatic heterocycles. The normalized spacial score (nSPS) is 11.9. The van der Waals surface area contributed by atoms with E-state index in [2.05, 4.69) is 33.1 Å². The van der Waals surface area contributed by atoms with Gasteiger partial charge in [-0.05, 0) is 56.4 Å². The fourth-order valence-corrected chi connectivity index (χ4v) is 5.25. The second kappa shape index (κ2) is 30.5. The number of unbranched alkanes of at least 4 members (excludes halogenated alkanes) is 3. The molecule has 3 unspecified atom stereocenters. The molecule has 1 aromatic rings. The maximum absolute atomic E-state index is 13.6. The summed E-state index contributed by atoms with van der Waals surface area (Å²) in [6, 6.07) is 7.05. The van der Waals surface area contributed by atoms with Gasteiger partial charge in [0, 0.05) is 57.4 Å². The number of nitrogens with one attached hydrogen (secondary N) is 4. The summed E-state index contributed by atoms with van der Waals surface area (Å²) in [6.45, 7) is 3.91. The number of Topliss-reactive ketones (excluding diaryl/α,β-unsaturated/α-hetero) is 2. The van der Waals surface area contributed by atoms with Crippen molar-refractivity contribution in [1.29, 1.82) is 0 Å². The zero-order valence-electron chi connectivity index (χ0n) is 31.4. The third-order valence-corrected chi connectivity index (χ3v) is 7.99. The van der Waals surface area contributed by atoms with Gasteiger partial charge in [-0.2, -0.15) is 0 Å². The van der Waals surface area contributed by atoms with Crippen LogP contribution in [0.2, 0.25) is 0 Å². The van der Waals surface area contributed by atoms with E-state index in [0.717, 1.165) is 5.56 Å². The Balaban J connectivity index is 0. The first-order valence-corrected chi connectivity index (χ1v) is 17.7. The fourth-order valence-electron chi connectivity index (χ4n) is 5.25. The molecule has 0 saturated heterocycles. The number of carboxylic acid groups (broad SMARTS) is 1. The van der Waals surface area contributed by atoms with Gasteiger partial charge in [0.25, 0.3) is 0 Å². The van der Waals surface area contributed by atoms with Gasteiger partial charge in [-0.15, -0.1) is 24.7 Å². The van der Waals surface area contributed by atoms with Crippen molar-refractivity contribution in [1.82, 2.24) is 21.3 Å². The number of carbonyl (C=O) groups is 7. The maximum Gasteiger partial charge on any atom is 1.00 e. The van der Waals surface area contributed by atoms with Crippen LogP contribution < -0.4 is 50.8 Å². The molecule has 0 spiro atoms. The Bertz CT molecular complexity index is 1390. The summed E-state index contributed by atoms with van der Waals surface area (Å²) >= 11 is 0. The van der Waals surface area contributed by atoms with Gasteiger partial charge in [0.2, 0.25) is 23.6 Å². The fraction of sp³-hybridized carbons (Fsp3) is 0.564. The van der Waals surface area contributed by atoms with Crippen LogP contribution in [0, 0.1) is 36.5 Å². The van der Waals surface area contributed by atoms with E-state index < -0.39 is 35.8 Å². The standard InChI is InChI=1S/C39H54N4O8.Na.H2O/c1-5-7-10-19-35(46)40-23-15-14-18-32(39(50)51)42-37(48)22-21-34(45)33(24-28(3)4)43-38(49)30(25-29-16-12-9-13-17-29)26-31(44)27-41-36(47)20-11-8-6-2;;/h1-2,9,12-13,16-17,28,30,32-33H,7-8,10-11,14-15,18-27H2,3-4H3,(H,40,46)(H,41,47)(H,42,48)(H,43,49)(H,50,51);;1H2/q;+1;/p-1. The smallest absolute Gasteiger partial charge is 0.870 e. The summed E-state index contributed by atoms with van der Waals surface area (Å²) in [7, 11) is 0. The Kier molecular flexibility index (Phi) is 29.4. The molecule has 1 aromatic carbocycles. The van der Waals surface area contributed by atoms with Crippen LogP contribution in [0.1, 0.15) is 103 Å². The van der Waals surface area contributed by atoms with E-state index in [4.69, 9.17) is 12.8 Å². The van der Waals surface area contributed by atoms with Crippen LogP contribution in [0.5, 0.6) is 0 Å². The number of carbonyl (C=O) groups excluding carboxylic acids is 6. The van der Waals surface area contributed by atoms with Gasteiger partial charge >= 0.3 is 35.5 Å². The van der Waals surface area contributed by atoms with Crippen molar-refractivity contribution in [2.24, 2.45) is 11.8 Å². The van der Waals surface area contributed by atoms with Crippen molar-refractivity contribution < 1.29 is 73.7 Å². The van der Waals surface area contributed by atoms with Crippen molar-refractivity contribution in [3.05, 3.63) is 35.9 Å². The van der Waals surface area contributed by atoms with E-state index in [1.54, 1.807) is 0 Å². The number of carboxylic acids is 1. The third-order valence-electron chi connectivity index (χ3n) is 7.99. The van der Waals surface area contributed by atoms with Crippen molar-refractivity contribution in [2.75, 3.05) is 13.1 Å². The summed E-state index contributed by atoms with van der Waals surface area (Å²) in [5.74, 6) is 0.649. The first kappa shape index (κ1) is 51.1. The van der Waals surface area contributed by atoms with E-state index in [-0.39, 0.29) is 109 Å². The molecule has 0 bridgehead atoms. The Morgan fingerprint density at radius 1 is 0.755 bits per heavy atom. The van der Waals surface area contributed by atoms with E-state index in [0.29, 0.717) is 57.9 Å². The quantitative estimate of drug-likeness (QED) is 0.0468. The molecule has 0 saturated carbocycles.